The quantitative estimate of drug-likeness (QED) is 0.822. The van der Waals surface area contributed by atoms with Crippen molar-refractivity contribution in [1.82, 2.24) is 4.90 Å². The van der Waals surface area contributed by atoms with Crippen molar-refractivity contribution in [2.24, 2.45) is 5.73 Å². The Bertz CT molecular complexity index is 398. The van der Waals surface area contributed by atoms with Gasteiger partial charge in [-0.1, -0.05) is 13.3 Å². The summed E-state index contributed by atoms with van der Waals surface area (Å²) in [5.41, 5.74) is 6.51. The zero-order valence-corrected chi connectivity index (χ0v) is 11.4. The van der Waals surface area contributed by atoms with Gasteiger partial charge in [-0.05, 0) is 43.5 Å². The van der Waals surface area contributed by atoms with Crippen molar-refractivity contribution in [3.8, 4) is 0 Å². The highest BCUT2D eigenvalue weighted by atomic mass is 19.1. The second kappa shape index (κ2) is 6.44. The molecule has 0 heterocycles. The van der Waals surface area contributed by atoms with Gasteiger partial charge in [0.25, 0.3) is 0 Å². The third kappa shape index (κ3) is 3.74. The molecule has 1 unspecified atom stereocenters. The van der Waals surface area contributed by atoms with E-state index in [1.807, 2.05) is 0 Å². The van der Waals surface area contributed by atoms with Crippen molar-refractivity contribution in [2.75, 3.05) is 13.1 Å². The third-order valence-corrected chi connectivity index (χ3v) is 3.68. The molecule has 1 fully saturated rings. The molecule has 1 aromatic carbocycles. The van der Waals surface area contributed by atoms with Crippen LogP contribution in [0.3, 0.4) is 0 Å². The number of rotatable bonds is 7. The van der Waals surface area contributed by atoms with E-state index < -0.39 is 11.6 Å². The lowest BCUT2D eigenvalue weighted by atomic mass is 10.0. The Labute approximate surface area is 113 Å². The Morgan fingerprint density at radius 2 is 1.89 bits per heavy atom. The van der Waals surface area contributed by atoms with Crippen LogP contribution in [0, 0.1) is 11.6 Å². The van der Waals surface area contributed by atoms with E-state index in [0.29, 0.717) is 18.2 Å². The van der Waals surface area contributed by atoms with Gasteiger partial charge in [0, 0.05) is 24.7 Å². The van der Waals surface area contributed by atoms with Crippen LogP contribution in [-0.4, -0.2) is 24.0 Å². The number of halogens is 2. The highest BCUT2D eigenvalue weighted by Crippen LogP contribution is 2.34. The van der Waals surface area contributed by atoms with Crippen LogP contribution in [-0.2, 0) is 0 Å². The zero-order valence-electron chi connectivity index (χ0n) is 11.4. The number of hydrogen-bond acceptors (Lipinski definition) is 2. The Morgan fingerprint density at radius 3 is 2.37 bits per heavy atom. The van der Waals surface area contributed by atoms with E-state index in [-0.39, 0.29) is 6.04 Å². The molecule has 1 aliphatic carbocycles. The van der Waals surface area contributed by atoms with Crippen LogP contribution in [0.15, 0.2) is 18.2 Å². The molecular formula is C15H22F2N2. The lowest BCUT2D eigenvalue weighted by molar-refractivity contribution is 0.187. The summed E-state index contributed by atoms with van der Waals surface area (Å²) >= 11 is 0. The van der Waals surface area contributed by atoms with E-state index in [9.17, 15) is 8.78 Å². The van der Waals surface area contributed by atoms with Gasteiger partial charge in [0.15, 0.2) is 0 Å². The molecule has 2 rings (SSSR count). The summed E-state index contributed by atoms with van der Waals surface area (Å²) in [6, 6.07) is 4.17. The number of nitrogens with two attached hydrogens (primary N) is 1. The molecule has 0 bridgehead atoms. The number of unbranched alkanes of at least 4 members (excludes halogenated alkanes) is 1. The topological polar surface area (TPSA) is 29.3 Å². The largest absolute Gasteiger partial charge is 0.329 e. The minimum Gasteiger partial charge on any atom is -0.329 e. The smallest absolute Gasteiger partial charge is 0.126 e. The van der Waals surface area contributed by atoms with Gasteiger partial charge in [-0.3, -0.25) is 4.90 Å². The van der Waals surface area contributed by atoms with Crippen LogP contribution in [0.5, 0.6) is 0 Å². The molecule has 0 aromatic heterocycles. The molecule has 19 heavy (non-hydrogen) atoms. The van der Waals surface area contributed by atoms with E-state index in [1.54, 1.807) is 0 Å². The summed E-state index contributed by atoms with van der Waals surface area (Å²) in [7, 11) is 0. The van der Waals surface area contributed by atoms with E-state index in [1.165, 1.54) is 12.1 Å². The normalized spacial score (nSPS) is 16.9. The molecule has 106 valence electrons. The minimum atomic E-state index is -0.528. The maximum Gasteiger partial charge on any atom is 0.126 e. The van der Waals surface area contributed by atoms with Gasteiger partial charge in [0.2, 0.25) is 0 Å². The first-order valence-electron chi connectivity index (χ1n) is 7.07. The first kappa shape index (κ1) is 14.4. The van der Waals surface area contributed by atoms with Crippen molar-refractivity contribution >= 4 is 0 Å². The van der Waals surface area contributed by atoms with Crippen molar-refractivity contribution < 1.29 is 8.78 Å². The Hall–Kier alpha value is -1.00. The Kier molecular flexibility index (Phi) is 4.88. The first-order valence-corrected chi connectivity index (χ1v) is 7.07. The van der Waals surface area contributed by atoms with Crippen LogP contribution in [0.4, 0.5) is 8.78 Å². The molecule has 0 spiro atoms. The molecule has 1 atom stereocenters. The third-order valence-electron chi connectivity index (χ3n) is 3.68. The predicted octanol–water partition coefficient (Wildman–Crippen LogP) is 3.23. The fourth-order valence-electron chi connectivity index (χ4n) is 2.57. The SMILES string of the molecule is CCCCN(C1CC1)C(CN)c1cc(F)cc(F)c1. The van der Waals surface area contributed by atoms with Gasteiger partial charge in [0.05, 0.1) is 0 Å². The molecule has 1 aromatic rings. The van der Waals surface area contributed by atoms with Crippen LogP contribution in [0.1, 0.15) is 44.2 Å². The second-order valence-electron chi connectivity index (χ2n) is 5.28. The molecule has 4 heteroatoms. The molecule has 0 aliphatic heterocycles. The minimum absolute atomic E-state index is 0.0794. The molecule has 1 aliphatic rings. The summed E-state index contributed by atoms with van der Waals surface area (Å²) in [4.78, 5) is 2.32. The predicted molar refractivity (Wildman–Crippen MR) is 72.8 cm³/mol. The van der Waals surface area contributed by atoms with E-state index in [2.05, 4.69) is 11.8 Å². The van der Waals surface area contributed by atoms with Gasteiger partial charge in [-0.25, -0.2) is 8.78 Å². The van der Waals surface area contributed by atoms with Crippen molar-refractivity contribution in [2.45, 2.75) is 44.7 Å². The lowest BCUT2D eigenvalue weighted by Crippen LogP contribution is -2.36. The summed E-state index contributed by atoms with van der Waals surface area (Å²) < 4.78 is 26.7. The Morgan fingerprint density at radius 1 is 1.26 bits per heavy atom. The average molecular weight is 268 g/mol. The molecule has 2 N–H and O–H groups in total. The van der Waals surface area contributed by atoms with Crippen LogP contribution in [0.25, 0.3) is 0 Å². The van der Waals surface area contributed by atoms with Crippen LogP contribution < -0.4 is 5.73 Å². The maximum absolute atomic E-state index is 13.4. The molecule has 2 nitrogen and oxygen atoms in total. The summed E-state index contributed by atoms with van der Waals surface area (Å²) in [5.74, 6) is -1.06. The fourth-order valence-corrected chi connectivity index (χ4v) is 2.57. The monoisotopic (exact) mass is 268 g/mol. The highest BCUT2D eigenvalue weighted by molar-refractivity contribution is 5.22. The maximum atomic E-state index is 13.4. The van der Waals surface area contributed by atoms with Crippen LogP contribution in [0.2, 0.25) is 0 Å². The summed E-state index contributed by atoms with van der Waals surface area (Å²) in [6.07, 6.45) is 4.53. The summed E-state index contributed by atoms with van der Waals surface area (Å²) in [5, 5.41) is 0. The molecule has 0 saturated heterocycles. The number of benzene rings is 1. The Balaban J connectivity index is 2.20. The highest BCUT2D eigenvalue weighted by Gasteiger charge is 2.33. The van der Waals surface area contributed by atoms with Crippen molar-refractivity contribution in [1.29, 1.82) is 0 Å². The average Bonchev–Trinajstić information content (AvgIpc) is 3.17. The standard InChI is InChI=1S/C15H22F2N2/c1-2-3-6-19(14-4-5-14)15(10-18)11-7-12(16)9-13(17)8-11/h7-9,14-15H,2-6,10,18H2,1H3. The summed E-state index contributed by atoms with van der Waals surface area (Å²) in [6.45, 7) is 3.48. The van der Waals surface area contributed by atoms with Gasteiger partial charge < -0.3 is 5.73 Å². The number of hydrogen-bond donors (Lipinski definition) is 1. The lowest BCUT2D eigenvalue weighted by Gasteiger charge is -2.31. The van der Waals surface area contributed by atoms with E-state index in [4.69, 9.17) is 5.73 Å². The number of nitrogens with zero attached hydrogens (tertiary/aromatic N) is 1. The molecular weight excluding hydrogens is 246 g/mol. The van der Waals surface area contributed by atoms with Crippen molar-refractivity contribution in [3.63, 3.8) is 0 Å². The van der Waals surface area contributed by atoms with Gasteiger partial charge in [-0.15, -0.1) is 0 Å². The second-order valence-corrected chi connectivity index (χ2v) is 5.28. The van der Waals surface area contributed by atoms with E-state index in [0.717, 1.165) is 38.3 Å². The van der Waals surface area contributed by atoms with Crippen LogP contribution >= 0.6 is 0 Å². The van der Waals surface area contributed by atoms with E-state index >= 15 is 0 Å². The molecule has 0 amide bonds. The van der Waals surface area contributed by atoms with Gasteiger partial charge >= 0.3 is 0 Å². The zero-order chi connectivity index (χ0) is 13.8. The van der Waals surface area contributed by atoms with Gasteiger partial charge in [-0.2, -0.15) is 0 Å². The fraction of sp³-hybridized carbons (Fsp3) is 0.600. The first-order chi connectivity index (χ1) is 9.15. The van der Waals surface area contributed by atoms with Crippen molar-refractivity contribution in [3.05, 3.63) is 35.4 Å². The van der Waals surface area contributed by atoms with Gasteiger partial charge in [0.1, 0.15) is 11.6 Å². The molecule has 1 saturated carbocycles. The molecule has 0 radical (unpaired) electrons.